The van der Waals surface area contributed by atoms with E-state index in [2.05, 4.69) is 37.0 Å². The number of nitrogens with zero attached hydrogens (tertiary/aromatic N) is 5. The molecule has 13 heteroatoms. The molecule has 3 N–H and O–H groups in total. The lowest BCUT2D eigenvalue weighted by Crippen LogP contribution is -2.49. The van der Waals surface area contributed by atoms with Gasteiger partial charge >= 0.3 is 6.09 Å². The number of thiazole rings is 1. The van der Waals surface area contributed by atoms with Gasteiger partial charge in [0.2, 0.25) is 0 Å². The van der Waals surface area contributed by atoms with E-state index in [0.717, 1.165) is 35.1 Å². The lowest BCUT2D eigenvalue weighted by molar-refractivity contribution is 0.0500. The van der Waals surface area contributed by atoms with Crippen molar-refractivity contribution in [3.05, 3.63) is 89.7 Å². The molecule has 0 bridgehead atoms. The number of aromatic amines is 1. The van der Waals surface area contributed by atoms with Gasteiger partial charge in [0.25, 0.3) is 5.91 Å². The van der Waals surface area contributed by atoms with Crippen LogP contribution in [0.2, 0.25) is 0 Å². The van der Waals surface area contributed by atoms with Crippen molar-refractivity contribution < 1.29 is 18.7 Å². The maximum Gasteiger partial charge on any atom is 0.407 e. The summed E-state index contributed by atoms with van der Waals surface area (Å²) in [6.07, 6.45) is 8.23. The van der Waals surface area contributed by atoms with Crippen molar-refractivity contribution >= 4 is 34.7 Å². The van der Waals surface area contributed by atoms with Crippen molar-refractivity contribution in [1.82, 2.24) is 30.3 Å². The smallest absolute Gasteiger partial charge is 0.407 e. The summed E-state index contributed by atoms with van der Waals surface area (Å²) < 4.78 is 22.5. The fourth-order valence-electron chi connectivity index (χ4n) is 5.48. The first-order valence-electron chi connectivity index (χ1n) is 15.0. The van der Waals surface area contributed by atoms with E-state index in [1.54, 1.807) is 50.7 Å². The number of H-pyrrole nitrogens is 1. The molecule has 2 amide bonds. The summed E-state index contributed by atoms with van der Waals surface area (Å²) in [7, 11) is 0. The first kappa shape index (κ1) is 31.0. The molecule has 4 heterocycles. The van der Waals surface area contributed by atoms with Crippen LogP contribution in [0.1, 0.15) is 49.7 Å². The number of aromatic nitrogens is 5. The second kappa shape index (κ2) is 13.1. The minimum absolute atomic E-state index is 0.219. The third-order valence-electron chi connectivity index (χ3n) is 7.47. The Kier molecular flexibility index (Phi) is 8.84. The molecule has 6 rings (SSSR count). The molecule has 0 unspecified atom stereocenters. The van der Waals surface area contributed by atoms with Crippen LogP contribution in [-0.4, -0.2) is 61.7 Å². The number of carbonyl (C=O) groups is 2. The Morgan fingerprint density at radius 3 is 2.78 bits per heavy atom. The van der Waals surface area contributed by atoms with Crippen LogP contribution >= 0.6 is 11.3 Å². The number of hydrogen-bond acceptors (Lipinski definition) is 8. The summed E-state index contributed by atoms with van der Waals surface area (Å²) in [6, 6.07) is 12.4. The Morgan fingerprint density at radius 1 is 1.13 bits per heavy atom. The number of para-hydroxylation sites is 1. The molecule has 0 saturated carbocycles. The molecule has 238 valence electrons. The third kappa shape index (κ3) is 7.26. The quantitative estimate of drug-likeness (QED) is 0.180. The number of nitrogens with one attached hydrogen (secondary N) is 3. The number of benzene rings is 2. The number of rotatable bonds is 8. The maximum absolute atomic E-state index is 15.3. The van der Waals surface area contributed by atoms with Gasteiger partial charge in [0.1, 0.15) is 22.1 Å². The predicted molar refractivity (Wildman–Crippen MR) is 175 cm³/mol. The predicted octanol–water partition coefficient (Wildman–Crippen LogP) is 6.33. The van der Waals surface area contributed by atoms with E-state index in [4.69, 9.17) is 4.74 Å². The highest BCUT2D eigenvalue weighted by atomic mass is 32.1. The highest BCUT2D eigenvalue weighted by Gasteiger charge is 2.28. The minimum Gasteiger partial charge on any atom is -0.444 e. The van der Waals surface area contributed by atoms with E-state index >= 15 is 4.39 Å². The van der Waals surface area contributed by atoms with Gasteiger partial charge in [-0.05, 0) is 56.9 Å². The SMILES string of the molecule is CC(C)(C)OC(=O)N[C@@H]1CCCN(c2c(F)cccc2NC(=O)c2csc(-c3cnn(Cc4ccccc4-c4cn[nH]c4)c3)n2)C1. The zero-order valence-electron chi connectivity index (χ0n) is 25.8. The van der Waals surface area contributed by atoms with E-state index < -0.39 is 23.4 Å². The van der Waals surface area contributed by atoms with Crippen molar-refractivity contribution in [2.75, 3.05) is 23.3 Å². The molecule has 2 aromatic carbocycles. The molecular formula is C33H35FN8O3S. The first-order chi connectivity index (χ1) is 22.1. The topological polar surface area (TPSA) is 130 Å². The highest BCUT2D eigenvalue weighted by molar-refractivity contribution is 7.13. The molecule has 1 saturated heterocycles. The van der Waals surface area contributed by atoms with Crippen molar-refractivity contribution in [3.8, 4) is 21.7 Å². The Labute approximate surface area is 269 Å². The highest BCUT2D eigenvalue weighted by Crippen LogP contribution is 2.33. The van der Waals surface area contributed by atoms with Gasteiger partial charge in [-0.25, -0.2) is 14.2 Å². The molecule has 3 aromatic heterocycles. The van der Waals surface area contributed by atoms with Crippen LogP contribution in [0, 0.1) is 5.82 Å². The van der Waals surface area contributed by atoms with Crippen molar-refractivity contribution in [1.29, 1.82) is 0 Å². The largest absolute Gasteiger partial charge is 0.444 e. The van der Waals surface area contributed by atoms with Gasteiger partial charge < -0.3 is 20.3 Å². The molecule has 0 spiro atoms. The third-order valence-corrected chi connectivity index (χ3v) is 8.36. The van der Waals surface area contributed by atoms with Crippen LogP contribution in [0.15, 0.2) is 72.6 Å². The first-order valence-corrected chi connectivity index (χ1v) is 15.9. The average molecular weight is 643 g/mol. The molecular weight excluding hydrogens is 607 g/mol. The maximum atomic E-state index is 15.3. The van der Waals surface area contributed by atoms with Gasteiger partial charge in [-0.3, -0.25) is 14.6 Å². The van der Waals surface area contributed by atoms with E-state index in [-0.39, 0.29) is 17.4 Å². The van der Waals surface area contributed by atoms with Crippen molar-refractivity contribution in [2.24, 2.45) is 0 Å². The number of amides is 2. The number of anilines is 2. The number of carbonyl (C=O) groups excluding carboxylic acids is 2. The molecule has 0 aliphatic carbocycles. The Bertz CT molecular complexity index is 1830. The van der Waals surface area contributed by atoms with Gasteiger partial charge in [0, 0.05) is 48.0 Å². The number of alkyl carbamates (subject to hydrolysis) is 1. The summed E-state index contributed by atoms with van der Waals surface area (Å²) >= 11 is 1.33. The molecule has 1 aliphatic rings. The van der Waals surface area contributed by atoms with Crippen LogP contribution in [-0.2, 0) is 11.3 Å². The lowest BCUT2D eigenvalue weighted by atomic mass is 10.0. The van der Waals surface area contributed by atoms with Gasteiger partial charge in [-0.1, -0.05) is 30.3 Å². The summed E-state index contributed by atoms with van der Waals surface area (Å²) in [6.45, 7) is 6.91. The number of halogens is 1. The Morgan fingerprint density at radius 2 is 1.98 bits per heavy atom. The van der Waals surface area contributed by atoms with E-state index in [0.29, 0.717) is 30.3 Å². The molecule has 0 radical (unpaired) electrons. The zero-order chi connectivity index (χ0) is 32.3. The lowest BCUT2D eigenvalue weighted by Gasteiger charge is -2.36. The van der Waals surface area contributed by atoms with Crippen LogP contribution in [0.4, 0.5) is 20.6 Å². The summed E-state index contributed by atoms with van der Waals surface area (Å²) in [4.78, 5) is 32.1. The van der Waals surface area contributed by atoms with E-state index in [1.165, 1.54) is 17.4 Å². The van der Waals surface area contributed by atoms with E-state index in [1.807, 2.05) is 40.2 Å². The fourth-order valence-corrected chi connectivity index (χ4v) is 6.26. The molecule has 11 nitrogen and oxygen atoms in total. The standard InChI is InChI=1S/C33H35FN8O3S/c1-33(2,3)45-32(44)38-24-9-7-13-41(19-24)29-26(34)11-6-12-27(29)39-30(43)28-20-46-31(40-28)23-16-37-42(18-23)17-21-8-4-5-10-25(21)22-14-35-36-15-22/h4-6,8,10-12,14-16,18,20,24H,7,9,13,17,19H2,1-3H3,(H,35,36)(H,38,44)(H,39,43)/t24-/m1/s1. The van der Waals surface area contributed by atoms with Crippen molar-refractivity contribution in [3.63, 3.8) is 0 Å². The minimum atomic E-state index is -0.620. The second-order valence-corrected chi connectivity index (χ2v) is 13.0. The molecule has 1 fully saturated rings. The van der Waals surface area contributed by atoms with E-state index in [9.17, 15) is 9.59 Å². The Hall–Kier alpha value is -5.04. The van der Waals surface area contributed by atoms with Crippen LogP contribution in [0.3, 0.4) is 0 Å². The van der Waals surface area contributed by atoms with Crippen LogP contribution in [0.5, 0.6) is 0 Å². The van der Waals surface area contributed by atoms with Gasteiger partial charge in [0.15, 0.2) is 0 Å². The Balaban J connectivity index is 1.13. The molecule has 5 aromatic rings. The van der Waals surface area contributed by atoms with Crippen LogP contribution in [0.25, 0.3) is 21.7 Å². The molecule has 1 aliphatic heterocycles. The van der Waals surface area contributed by atoms with Gasteiger partial charge in [-0.15, -0.1) is 11.3 Å². The number of piperidine rings is 1. The second-order valence-electron chi connectivity index (χ2n) is 12.1. The normalized spacial score (nSPS) is 15.0. The zero-order valence-corrected chi connectivity index (χ0v) is 26.6. The monoisotopic (exact) mass is 642 g/mol. The number of hydrogen-bond donors (Lipinski definition) is 3. The number of ether oxygens (including phenoxy) is 1. The summed E-state index contributed by atoms with van der Waals surface area (Å²) in [5, 5.41) is 19.5. The summed E-state index contributed by atoms with van der Waals surface area (Å²) in [5.74, 6) is -0.910. The average Bonchev–Trinajstić information content (AvgIpc) is 3.79. The van der Waals surface area contributed by atoms with Crippen molar-refractivity contribution in [2.45, 2.75) is 51.8 Å². The summed E-state index contributed by atoms with van der Waals surface area (Å²) in [5.41, 5.74) is 4.15. The fraction of sp³-hybridized carbons (Fsp3) is 0.303. The van der Waals surface area contributed by atoms with Gasteiger partial charge in [-0.2, -0.15) is 10.2 Å². The molecule has 1 atom stereocenters. The van der Waals surface area contributed by atoms with Crippen LogP contribution < -0.4 is 15.5 Å². The molecule has 46 heavy (non-hydrogen) atoms. The van der Waals surface area contributed by atoms with Gasteiger partial charge in [0.05, 0.1) is 30.3 Å².